The van der Waals surface area contributed by atoms with Crippen LogP contribution in [0.5, 0.6) is 0 Å². The Kier molecular flexibility index (Phi) is 5.73. The number of amides is 1. The van der Waals surface area contributed by atoms with E-state index in [1.165, 1.54) is 34.1 Å². The first-order valence-corrected chi connectivity index (χ1v) is 10.4. The third-order valence-electron chi connectivity index (χ3n) is 4.78. The summed E-state index contributed by atoms with van der Waals surface area (Å²) in [5.41, 5.74) is 3.80. The second kappa shape index (κ2) is 8.61. The molecule has 31 heavy (non-hydrogen) atoms. The Morgan fingerprint density at radius 2 is 1.94 bits per heavy atom. The fraction of sp³-hybridized carbons (Fsp3) is 0.130. The lowest BCUT2D eigenvalue weighted by molar-refractivity contribution is 0.102. The number of pyridine rings is 2. The third kappa shape index (κ3) is 4.75. The van der Waals surface area contributed by atoms with Crippen LogP contribution in [0, 0.1) is 19.7 Å². The lowest BCUT2D eigenvalue weighted by Gasteiger charge is -2.09. The zero-order valence-corrected chi connectivity index (χ0v) is 17.7. The van der Waals surface area contributed by atoms with Crippen molar-refractivity contribution in [1.29, 1.82) is 0 Å². The highest BCUT2D eigenvalue weighted by molar-refractivity contribution is 7.14. The van der Waals surface area contributed by atoms with E-state index in [-0.39, 0.29) is 16.9 Å². The van der Waals surface area contributed by atoms with Gasteiger partial charge in [0.15, 0.2) is 5.13 Å². The molecule has 0 radical (unpaired) electrons. The Balaban J connectivity index is 1.48. The number of carbonyl (C=O) groups is 1. The maximum Gasteiger partial charge on any atom is 0.257 e. The molecule has 6 nitrogen and oxygen atoms in total. The van der Waals surface area contributed by atoms with Crippen LogP contribution in [0.25, 0.3) is 11.4 Å². The number of nitrogens with one attached hydrogen (secondary N) is 1. The molecule has 0 saturated heterocycles. The van der Waals surface area contributed by atoms with Crippen molar-refractivity contribution in [3.63, 3.8) is 0 Å². The fourth-order valence-corrected chi connectivity index (χ4v) is 3.80. The standard InChI is InChI=1S/C23H19FN4O2S/c1-14-10-18(24)7-6-17(14)12-28-9-8-16(11-21(28)29)22(30)27-23-26-20(13-31-23)19-5-3-4-15(2)25-19/h3-11,13H,12H2,1-2H3,(H,26,27,30). The first kappa shape index (κ1) is 20.6. The molecule has 8 heteroatoms. The Morgan fingerprint density at radius 3 is 2.68 bits per heavy atom. The zero-order chi connectivity index (χ0) is 22.0. The summed E-state index contributed by atoms with van der Waals surface area (Å²) in [6.07, 6.45) is 1.56. The average molecular weight is 434 g/mol. The maximum absolute atomic E-state index is 13.3. The van der Waals surface area contributed by atoms with Crippen molar-refractivity contribution in [3.8, 4) is 11.4 Å². The van der Waals surface area contributed by atoms with Crippen molar-refractivity contribution < 1.29 is 9.18 Å². The normalized spacial score (nSPS) is 10.8. The van der Waals surface area contributed by atoms with Gasteiger partial charge in [-0.05, 0) is 55.3 Å². The minimum atomic E-state index is -0.416. The number of carbonyl (C=O) groups excluding carboxylic acids is 1. The smallest absolute Gasteiger partial charge is 0.257 e. The van der Waals surface area contributed by atoms with Crippen LogP contribution in [0.4, 0.5) is 9.52 Å². The van der Waals surface area contributed by atoms with E-state index in [0.717, 1.165) is 22.5 Å². The summed E-state index contributed by atoms with van der Waals surface area (Å²) >= 11 is 1.29. The summed E-state index contributed by atoms with van der Waals surface area (Å²) < 4.78 is 14.8. The number of hydrogen-bond donors (Lipinski definition) is 1. The largest absolute Gasteiger partial charge is 0.311 e. The summed E-state index contributed by atoms with van der Waals surface area (Å²) in [5.74, 6) is -0.732. The number of nitrogens with zero attached hydrogens (tertiary/aromatic N) is 3. The summed E-state index contributed by atoms with van der Waals surface area (Å²) in [6.45, 7) is 3.99. The fourth-order valence-electron chi connectivity index (χ4n) is 3.10. The van der Waals surface area contributed by atoms with Gasteiger partial charge in [0.2, 0.25) is 0 Å². The van der Waals surface area contributed by atoms with Crippen LogP contribution in [0.15, 0.2) is 64.9 Å². The molecule has 1 N–H and O–H groups in total. The van der Waals surface area contributed by atoms with Gasteiger partial charge in [0.05, 0.1) is 12.2 Å². The predicted octanol–water partition coefficient (Wildman–Crippen LogP) is 4.42. The molecule has 1 amide bonds. The second-order valence-electron chi connectivity index (χ2n) is 7.11. The van der Waals surface area contributed by atoms with E-state index in [9.17, 15) is 14.0 Å². The topological polar surface area (TPSA) is 76.9 Å². The number of hydrogen-bond acceptors (Lipinski definition) is 5. The van der Waals surface area contributed by atoms with Gasteiger partial charge >= 0.3 is 0 Å². The Bertz CT molecular complexity index is 1330. The minimum absolute atomic E-state index is 0.238. The molecule has 4 rings (SSSR count). The monoisotopic (exact) mass is 434 g/mol. The minimum Gasteiger partial charge on any atom is -0.311 e. The van der Waals surface area contributed by atoms with Gasteiger partial charge in [-0.15, -0.1) is 11.3 Å². The maximum atomic E-state index is 13.3. The predicted molar refractivity (Wildman–Crippen MR) is 119 cm³/mol. The molecule has 0 aliphatic carbocycles. The molecular formula is C23H19FN4O2S. The van der Waals surface area contributed by atoms with E-state index in [1.807, 2.05) is 30.5 Å². The van der Waals surface area contributed by atoms with E-state index in [0.29, 0.717) is 17.4 Å². The molecular weight excluding hydrogens is 415 g/mol. The molecule has 4 aromatic rings. The van der Waals surface area contributed by atoms with Crippen molar-refractivity contribution in [2.45, 2.75) is 20.4 Å². The van der Waals surface area contributed by atoms with Crippen LogP contribution in [-0.4, -0.2) is 20.4 Å². The van der Waals surface area contributed by atoms with Gasteiger partial charge in [-0.1, -0.05) is 12.1 Å². The number of benzene rings is 1. The van der Waals surface area contributed by atoms with Gasteiger partial charge in [0, 0.05) is 28.9 Å². The molecule has 3 aromatic heterocycles. The highest BCUT2D eigenvalue weighted by atomic mass is 32.1. The number of aryl methyl sites for hydroxylation is 2. The number of halogens is 1. The Morgan fingerprint density at radius 1 is 1.10 bits per heavy atom. The van der Waals surface area contributed by atoms with Crippen LogP contribution < -0.4 is 10.9 Å². The quantitative estimate of drug-likeness (QED) is 0.504. The number of aromatic nitrogens is 3. The highest BCUT2D eigenvalue weighted by Crippen LogP contribution is 2.24. The molecule has 0 bridgehead atoms. The number of rotatable bonds is 5. The first-order chi connectivity index (χ1) is 14.9. The lowest BCUT2D eigenvalue weighted by atomic mass is 10.1. The average Bonchev–Trinajstić information content (AvgIpc) is 3.20. The second-order valence-corrected chi connectivity index (χ2v) is 7.97. The molecule has 156 valence electrons. The SMILES string of the molecule is Cc1cccc(-c2csc(NC(=O)c3ccn(Cc4ccc(F)cc4C)c(=O)c3)n2)n1. The van der Waals surface area contributed by atoms with Crippen LogP contribution in [0.1, 0.15) is 27.2 Å². The first-order valence-electron chi connectivity index (χ1n) is 9.55. The van der Waals surface area contributed by atoms with E-state index in [2.05, 4.69) is 15.3 Å². The Hall–Kier alpha value is -3.65. The molecule has 1 aromatic carbocycles. The molecule has 0 atom stereocenters. The van der Waals surface area contributed by atoms with Crippen LogP contribution >= 0.6 is 11.3 Å². The van der Waals surface area contributed by atoms with Gasteiger partial charge < -0.3 is 4.57 Å². The molecule has 0 spiro atoms. The molecule has 0 aliphatic rings. The zero-order valence-electron chi connectivity index (χ0n) is 16.9. The summed E-state index contributed by atoms with van der Waals surface area (Å²) in [5, 5.41) is 4.97. The molecule has 0 aliphatic heterocycles. The van der Waals surface area contributed by atoms with E-state index in [4.69, 9.17) is 0 Å². The molecule has 3 heterocycles. The van der Waals surface area contributed by atoms with Gasteiger partial charge in [0.1, 0.15) is 11.5 Å². The summed E-state index contributed by atoms with van der Waals surface area (Å²) in [4.78, 5) is 33.9. The molecule has 0 unspecified atom stereocenters. The summed E-state index contributed by atoms with van der Waals surface area (Å²) in [7, 11) is 0. The number of anilines is 1. The van der Waals surface area contributed by atoms with Crippen LogP contribution in [0.3, 0.4) is 0 Å². The van der Waals surface area contributed by atoms with Crippen LogP contribution in [-0.2, 0) is 6.54 Å². The third-order valence-corrected chi connectivity index (χ3v) is 5.54. The number of thiazole rings is 1. The van der Waals surface area contributed by atoms with Crippen molar-refractivity contribution in [2.75, 3.05) is 5.32 Å². The van der Waals surface area contributed by atoms with Gasteiger partial charge in [-0.25, -0.2) is 9.37 Å². The Labute approximate surface area is 182 Å². The van der Waals surface area contributed by atoms with E-state index >= 15 is 0 Å². The van der Waals surface area contributed by atoms with Crippen molar-refractivity contribution in [1.82, 2.24) is 14.5 Å². The van der Waals surface area contributed by atoms with E-state index in [1.54, 1.807) is 25.3 Å². The van der Waals surface area contributed by atoms with Gasteiger partial charge in [-0.2, -0.15) is 0 Å². The van der Waals surface area contributed by atoms with Crippen LogP contribution in [0.2, 0.25) is 0 Å². The van der Waals surface area contributed by atoms with Gasteiger partial charge in [0.25, 0.3) is 11.5 Å². The highest BCUT2D eigenvalue weighted by Gasteiger charge is 2.12. The molecule has 0 saturated carbocycles. The van der Waals surface area contributed by atoms with E-state index < -0.39 is 5.91 Å². The van der Waals surface area contributed by atoms with Gasteiger partial charge in [-0.3, -0.25) is 19.9 Å². The van der Waals surface area contributed by atoms with Crippen molar-refractivity contribution >= 4 is 22.4 Å². The lowest BCUT2D eigenvalue weighted by Crippen LogP contribution is -2.23. The molecule has 0 fully saturated rings. The van der Waals surface area contributed by atoms with Crippen molar-refractivity contribution in [3.05, 3.63) is 98.7 Å². The summed E-state index contributed by atoms with van der Waals surface area (Å²) in [6, 6.07) is 13.0. The van der Waals surface area contributed by atoms with Crippen molar-refractivity contribution in [2.24, 2.45) is 0 Å².